The molecule has 0 spiro atoms. The number of ketones is 6. The minimum Gasteiger partial charge on any atom is -0.481 e. The summed E-state index contributed by atoms with van der Waals surface area (Å²) in [7, 11) is 3.51. The number of ether oxygens (including phenoxy) is 10. The fourth-order valence-electron chi connectivity index (χ4n) is 11.6. The van der Waals surface area contributed by atoms with Crippen molar-refractivity contribution in [1.82, 2.24) is 42.5 Å². The van der Waals surface area contributed by atoms with Crippen LogP contribution in [0.15, 0.2) is 64.7 Å². The van der Waals surface area contributed by atoms with Crippen molar-refractivity contribution in [2.75, 3.05) is 195 Å². The van der Waals surface area contributed by atoms with Crippen LogP contribution in [0.2, 0.25) is 0 Å². The number of carbonyl (C=O) groups excluding carboxylic acids is 14. The summed E-state index contributed by atoms with van der Waals surface area (Å²) in [5, 5.41) is 35.0. The van der Waals surface area contributed by atoms with Crippen molar-refractivity contribution in [3.63, 3.8) is 0 Å². The van der Waals surface area contributed by atoms with Gasteiger partial charge < -0.3 is 111 Å². The van der Waals surface area contributed by atoms with E-state index in [9.17, 15) is 81.4 Å². The van der Waals surface area contributed by atoms with Gasteiger partial charge in [0.15, 0.2) is 47.3 Å². The summed E-state index contributed by atoms with van der Waals surface area (Å²) in [5.74, 6) is -14.6. The molecule has 4 rings (SSSR count). The van der Waals surface area contributed by atoms with Gasteiger partial charge in [-0.2, -0.15) is 0 Å². The first-order valence-corrected chi connectivity index (χ1v) is 45.5. The number of carboxylic acid groups (broad SMARTS) is 1. The highest BCUT2D eigenvalue weighted by Crippen LogP contribution is 2.28. The van der Waals surface area contributed by atoms with Crippen LogP contribution in [0.5, 0.6) is 0 Å². The van der Waals surface area contributed by atoms with Gasteiger partial charge in [-0.05, 0) is 88.0 Å². The van der Waals surface area contributed by atoms with E-state index in [1.165, 1.54) is 44.5 Å². The van der Waals surface area contributed by atoms with E-state index in [0.29, 0.717) is 70.4 Å². The van der Waals surface area contributed by atoms with Crippen LogP contribution in [-0.4, -0.2) is 324 Å². The lowest BCUT2D eigenvalue weighted by Gasteiger charge is -2.26. The average Bonchev–Trinajstić information content (AvgIpc) is 0.909. The number of unbranched alkanes of at least 4 members (excludes halogenated alkanes) is 1. The Kier molecular flexibility index (Phi) is 62.7. The van der Waals surface area contributed by atoms with Crippen molar-refractivity contribution in [2.45, 2.75) is 134 Å². The van der Waals surface area contributed by atoms with E-state index in [2.05, 4.69) is 52.7 Å². The van der Waals surface area contributed by atoms with Crippen molar-refractivity contribution in [3.05, 3.63) is 71.5 Å². The summed E-state index contributed by atoms with van der Waals surface area (Å²) in [6, 6.07) is 8.99. The van der Waals surface area contributed by atoms with Crippen LogP contribution in [0.4, 0.5) is 4.39 Å². The van der Waals surface area contributed by atoms with Crippen LogP contribution in [0.1, 0.15) is 115 Å². The molecule has 2 aromatic rings. The number of nitrogens with zero attached hydrogens (tertiary/aromatic N) is 2. The molecule has 2 saturated heterocycles. The Morgan fingerprint density at radius 3 is 1.69 bits per heavy atom. The number of benzene rings is 2. The van der Waals surface area contributed by atoms with Gasteiger partial charge in [-0.25, -0.2) is 4.39 Å². The number of aliphatic carboxylic acids is 1. The Labute approximate surface area is 746 Å². The normalized spacial score (nSPS) is 18.5. The molecule has 0 saturated carbocycles. The maximum Gasteiger partial charge on any atom is 0.304 e. The molecule has 7 atom stereocenters. The third kappa shape index (κ3) is 57.0. The second-order valence-corrected chi connectivity index (χ2v) is 32.4. The predicted molar refractivity (Wildman–Crippen MR) is 466 cm³/mol. The van der Waals surface area contributed by atoms with E-state index >= 15 is 0 Å². The zero-order valence-corrected chi connectivity index (χ0v) is 74.6. The number of thioether (sulfide) groups is 1. The summed E-state index contributed by atoms with van der Waals surface area (Å²) in [6.45, 7) is 7.27. The third-order valence-corrected chi connectivity index (χ3v) is 21.5. The highest BCUT2D eigenvalue weighted by atomic mass is 33.1. The van der Waals surface area contributed by atoms with Gasteiger partial charge in [0.05, 0.1) is 128 Å². The molecule has 0 aromatic heterocycles. The quantitative estimate of drug-likeness (QED) is 0.0144. The van der Waals surface area contributed by atoms with Crippen molar-refractivity contribution >= 4 is 133 Å². The molecular weight excluding hydrogens is 1710 g/mol. The minimum atomic E-state index is -1.53. The molecule has 2 aliphatic heterocycles. The Bertz CT molecular complexity index is 3660. The van der Waals surface area contributed by atoms with Gasteiger partial charge in [0.2, 0.25) is 41.4 Å². The first kappa shape index (κ1) is 111. The lowest BCUT2D eigenvalue weighted by atomic mass is 9.90. The summed E-state index contributed by atoms with van der Waals surface area (Å²) >= 11 is 0.973. The van der Waals surface area contributed by atoms with E-state index < -0.39 is 158 Å². The fraction of sp³-hybridized carbons (Fsp3) is 0.651. The highest BCUT2D eigenvalue weighted by Gasteiger charge is 2.36. The number of halogens is 1. The first-order valence-electron chi connectivity index (χ1n) is 41.9. The SMILES string of the molecule is CCCOCCCC(=O)COCC(C)=O.COCCOCCCC(=O)[C@@H]1CSCC(=O)N[C@@H](CCCCNC(=O)COCC(=O)NCCOCCOCCOCCOCCOCCNC(=O)CO/N=C/c2ccc([18F])cc2)C(=O)N[C@H]2CSSC[C@H](NC(=O)[C@H](CC(=O)O)CC(=O)CNC(=O)[C@H](CCCN=C(N)N)CC2=O)C(=O)C[C@@H](Cc2ccccc2)C(=O)N1. The average molecular weight is 1840 g/mol. The Hall–Kier alpha value is -8.99. The molecule has 2 heterocycles. The molecule has 0 radical (unpaired) electrons. The number of Topliss-reactive ketones (excluding diaryl/α,β-unsaturated/α-hetero) is 6. The van der Waals surface area contributed by atoms with E-state index in [-0.39, 0.29) is 189 Å². The summed E-state index contributed by atoms with van der Waals surface area (Å²) in [4.78, 5) is 208. The van der Waals surface area contributed by atoms with E-state index in [1.54, 1.807) is 30.3 Å². The molecule has 2 aliphatic rings. The molecule has 43 heteroatoms. The van der Waals surface area contributed by atoms with Crippen LogP contribution in [-0.2, 0) is 131 Å². The second kappa shape index (κ2) is 71.0. The van der Waals surface area contributed by atoms with Crippen molar-refractivity contribution in [3.8, 4) is 0 Å². The third-order valence-electron chi connectivity index (χ3n) is 18.0. The fourth-order valence-corrected chi connectivity index (χ4v) is 14.8. The van der Waals surface area contributed by atoms with Gasteiger partial charge in [0, 0.05) is 114 Å². The molecule has 8 amide bonds. The molecule has 13 N–H and O–H groups in total. The van der Waals surface area contributed by atoms with Crippen LogP contribution in [0.3, 0.4) is 0 Å². The van der Waals surface area contributed by atoms with Gasteiger partial charge in [-0.15, -0.1) is 11.8 Å². The minimum absolute atomic E-state index is 0.00935. The molecule has 2 bridgehead atoms. The molecule has 39 nitrogen and oxygen atoms in total. The number of nitrogens with one attached hydrogen (secondary N) is 8. The lowest BCUT2D eigenvalue weighted by Crippen LogP contribution is -2.53. The van der Waals surface area contributed by atoms with Gasteiger partial charge in [-0.3, -0.25) is 76.9 Å². The van der Waals surface area contributed by atoms with Gasteiger partial charge in [-0.1, -0.05) is 76.1 Å². The number of guanidine groups is 1. The topological polar surface area (TPSA) is 551 Å². The van der Waals surface area contributed by atoms with Crippen LogP contribution >= 0.6 is 33.3 Å². The van der Waals surface area contributed by atoms with E-state index in [4.69, 9.17) is 63.7 Å². The largest absolute Gasteiger partial charge is 0.481 e. The second-order valence-electron chi connectivity index (χ2n) is 28.8. The smallest absolute Gasteiger partial charge is 0.304 e. The number of oxime groups is 1. The zero-order valence-electron chi connectivity index (χ0n) is 72.1. The molecule has 2 aromatic carbocycles. The van der Waals surface area contributed by atoms with Gasteiger partial charge >= 0.3 is 5.97 Å². The molecule has 706 valence electrons. The number of fused-ring (bicyclic) bond motifs is 5. The summed E-state index contributed by atoms with van der Waals surface area (Å²) < 4.78 is 66.4. The number of hydrogen-bond donors (Lipinski definition) is 11. The number of methoxy groups -OCH3 is 1. The van der Waals surface area contributed by atoms with Crippen molar-refractivity contribution < 1.29 is 134 Å². The lowest BCUT2D eigenvalue weighted by molar-refractivity contribution is -0.142. The van der Waals surface area contributed by atoms with Crippen LogP contribution in [0.25, 0.3) is 0 Å². The van der Waals surface area contributed by atoms with Crippen LogP contribution in [0, 0.1) is 23.6 Å². The van der Waals surface area contributed by atoms with Crippen molar-refractivity contribution in [2.24, 2.45) is 39.4 Å². The first-order chi connectivity index (χ1) is 60.8. The summed E-state index contributed by atoms with van der Waals surface area (Å²) in [6.07, 6.45) is 1.83. The molecule has 0 unspecified atom stereocenters. The van der Waals surface area contributed by atoms with Gasteiger partial charge in [0.25, 0.3) is 5.91 Å². The molecule has 2 fully saturated rings. The number of carboxylic acids is 1. The predicted octanol–water partition coefficient (Wildman–Crippen LogP) is 0.869. The Morgan fingerprint density at radius 1 is 0.548 bits per heavy atom. The Morgan fingerprint density at radius 2 is 1.10 bits per heavy atom. The standard InChI is InChI=1S/C72H107FN12O23S3.C11H20O4/c1-100-25-26-101-22-8-13-60(87)57-45-109-48-66(93)82-56(12-5-6-18-76-63(90)42-107-43-64(91)77-20-23-102-27-29-104-31-33-106-34-32-105-30-28-103-24-21-78-65(92)44-108-81-40-50-14-16-54(73)17-15-50)71(99)85-59-47-111-110-46-58(62(89)38-52(69(97)83-57)35-49-9-3-2-4-10-49)84-70(98)53(39-67(94)95)36-55(86)41-80-68(96)51(37-61(59)88)11-7-19-79-72(74)75;1-3-6-14-7-4-5-11(13)9-15-8-10(2)12/h2-4,9-10,14-17,40,51-53,56-59H,5-8,11-13,18-39,41-48H2,1H3,(H,76,90)(H,77,91)(H,78,92)(H,80,96)(H,82,93)(H,83,97)(H,84,98)(H,85,99)(H,94,95)(H4,74,75,79);3-9H2,1-2H3/b81-40+;/t51-,52-,53+,56+,57+,58+,59+;/m1./s1/i73-1;. The monoisotopic (exact) mass is 1840 g/mol. The zero-order chi connectivity index (χ0) is 92.2. The number of nitrogens with two attached hydrogens (primary N) is 2. The Balaban J connectivity index is 0.00000247. The highest BCUT2D eigenvalue weighted by molar-refractivity contribution is 8.76. The molecule has 126 heavy (non-hydrogen) atoms. The maximum atomic E-state index is 14.8. The number of carbonyl (C=O) groups is 15. The summed E-state index contributed by atoms with van der Waals surface area (Å²) in [5.41, 5.74) is 12.3. The number of amides is 8. The number of hydrogen-bond acceptors (Lipinski definition) is 31. The van der Waals surface area contributed by atoms with Crippen molar-refractivity contribution in [1.29, 1.82) is 0 Å². The number of rotatable bonds is 57. The molecular formula is C83H127FN12O27S3. The number of aliphatic imine (C=N–C) groups is 1. The van der Waals surface area contributed by atoms with E-state index in [0.717, 1.165) is 52.8 Å². The molecule has 0 aliphatic carbocycles. The maximum absolute atomic E-state index is 14.8. The van der Waals surface area contributed by atoms with Crippen LogP contribution < -0.4 is 54.0 Å². The van der Waals surface area contributed by atoms with Gasteiger partial charge in [0.1, 0.15) is 38.3 Å². The van der Waals surface area contributed by atoms with E-state index in [1.807, 2.05) is 6.92 Å².